The van der Waals surface area contributed by atoms with Crippen LogP contribution in [0.25, 0.3) is 0 Å². The third-order valence-corrected chi connectivity index (χ3v) is 4.42. The van der Waals surface area contributed by atoms with Gasteiger partial charge in [0.05, 0.1) is 12.6 Å². The summed E-state index contributed by atoms with van der Waals surface area (Å²) >= 11 is 0. The fraction of sp³-hybridized carbons (Fsp3) is 0.733. The van der Waals surface area contributed by atoms with Crippen LogP contribution in [0.3, 0.4) is 0 Å². The average molecular weight is 292 g/mol. The first-order chi connectivity index (χ1) is 10.1. The number of hydrogen-bond acceptors (Lipinski definition) is 4. The van der Waals surface area contributed by atoms with E-state index in [2.05, 4.69) is 21.9 Å². The summed E-state index contributed by atoms with van der Waals surface area (Å²) in [6, 6.07) is 0.133. The molecule has 1 aliphatic carbocycles. The van der Waals surface area contributed by atoms with E-state index in [1.807, 2.05) is 18.0 Å². The molecule has 1 aliphatic heterocycles. The lowest BCUT2D eigenvalue weighted by Crippen LogP contribution is -2.51. The zero-order chi connectivity index (χ0) is 14.8. The van der Waals surface area contributed by atoms with Gasteiger partial charge in [0.2, 0.25) is 0 Å². The molecule has 0 radical (unpaired) electrons. The number of hydrogen-bond donors (Lipinski definition) is 1. The SMILES string of the molecule is C[C@@H](OCC1CC1)C(=O)N1CCN(C)[C@H](c2ncc[nH]2)C1. The van der Waals surface area contributed by atoms with E-state index >= 15 is 0 Å². The van der Waals surface area contributed by atoms with E-state index in [9.17, 15) is 4.79 Å². The van der Waals surface area contributed by atoms with Gasteiger partial charge in [-0.3, -0.25) is 9.69 Å². The quantitative estimate of drug-likeness (QED) is 0.881. The number of aromatic amines is 1. The van der Waals surface area contributed by atoms with Crippen LogP contribution in [-0.2, 0) is 9.53 Å². The second-order valence-corrected chi connectivity index (χ2v) is 6.17. The number of H-pyrrole nitrogens is 1. The van der Waals surface area contributed by atoms with Crippen molar-refractivity contribution in [2.75, 3.05) is 33.3 Å². The second-order valence-electron chi connectivity index (χ2n) is 6.17. The van der Waals surface area contributed by atoms with Crippen LogP contribution < -0.4 is 0 Å². The number of amides is 1. The van der Waals surface area contributed by atoms with Crippen molar-refractivity contribution >= 4 is 5.91 Å². The van der Waals surface area contributed by atoms with Gasteiger partial charge in [-0.05, 0) is 32.7 Å². The fourth-order valence-corrected chi connectivity index (χ4v) is 2.72. The lowest BCUT2D eigenvalue weighted by atomic mass is 10.1. The molecular weight excluding hydrogens is 268 g/mol. The summed E-state index contributed by atoms with van der Waals surface area (Å²) in [5, 5.41) is 0. The van der Waals surface area contributed by atoms with Crippen molar-refractivity contribution in [3.05, 3.63) is 18.2 Å². The Kier molecular flexibility index (Phi) is 4.26. The Balaban J connectivity index is 1.58. The first-order valence-electron chi connectivity index (χ1n) is 7.75. The van der Waals surface area contributed by atoms with E-state index in [0.29, 0.717) is 12.5 Å². The molecule has 1 aromatic heterocycles. The highest BCUT2D eigenvalue weighted by molar-refractivity contribution is 5.80. The van der Waals surface area contributed by atoms with Gasteiger partial charge in [0.1, 0.15) is 11.9 Å². The summed E-state index contributed by atoms with van der Waals surface area (Å²) in [7, 11) is 2.07. The van der Waals surface area contributed by atoms with E-state index in [0.717, 1.165) is 25.5 Å². The van der Waals surface area contributed by atoms with Crippen LogP contribution in [0.2, 0.25) is 0 Å². The van der Waals surface area contributed by atoms with Crippen LogP contribution in [0, 0.1) is 5.92 Å². The molecule has 116 valence electrons. The van der Waals surface area contributed by atoms with E-state index < -0.39 is 0 Å². The number of nitrogens with zero attached hydrogens (tertiary/aromatic N) is 3. The van der Waals surface area contributed by atoms with Gasteiger partial charge >= 0.3 is 0 Å². The van der Waals surface area contributed by atoms with E-state index in [1.165, 1.54) is 12.8 Å². The predicted molar refractivity (Wildman–Crippen MR) is 78.7 cm³/mol. The largest absolute Gasteiger partial charge is 0.368 e. The van der Waals surface area contributed by atoms with E-state index in [1.54, 1.807) is 6.20 Å². The molecule has 6 nitrogen and oxygen atoms in total. The molecule has 1 saturated carbocycles. The van der Waals surface area contributed by atoms with Gasteiger partial charge in [-0.15, -0.1) is 0 Å². The Morgan fingerprint density at radius 3 is 3.00 bits per heavy atom. The number of piperazine rings is 1. The molecule has 1 amide bonds. The molecule has 2 atom stereocenters. The molecular formula is C15H24N4O2. The first kappa shape index (κ1) is 14.5. The molecule has 0 bridgehead atoms. The summed E-state index contributed by atoms with van der Waals surface area (Å²) in [5.41, 5.74) is 0. The topological polar surface area (TPSA) is 61.5 Å². The maximum atomic E-state index is 12.5. The maximum Gasteiger partial charge on any atom is 0.251 e. The minimum absolute atomic E-state index is 0.0975. The Bertz CT molecular complexity index is 472. The number of carbonyl (C=O) groups excluding carboxylic acids is 1. The Morgan fingerprint density at radius 2 is 2.33 bits per heavy atom. The molecule has 2 fully saturated rings. The third-order valence-electron chi connectivity index (χ3n) is 4.42. The molecule has 3 rings (SSSR count). The van der Waals surface area contributed by atoms with Gasteiger partial charge in [-0.2, -0.15) is 0 Å². The Morgan fingerprint density at radius 1 is 1.52 bits per heavy atom. The summed E-state index contributed by atoms with van der Waals surface area (Å²) in [6.45, 7) is 4.86. The van der Waals surface area contributed by atoms with Crippen LogP contribution in [0.15, 0.2) is 12.4 Å². The van der Waals surface area contributed by atoms with Crippen molar-refractivity contribution in [2.45, 2.75) is 31.9 Å². The maximum absolute atomic E-state index is 12.5. The van der Waals surface area contributed by atoms with Crippen molar-refractivity contribution in [1.29, 1.82) is 0 Å². The smallest absolute Gasteiger partial charge is 0.251 e. The lowest BCUT2D eigenvalue weighted by molar-refractivity contribution is -0.145. The normalized spacial score (nSPS) is 25.0. The molecule has 1 saturated heterocycles. The standard InChI is InChI=1S/C15H24N4O2/c1-11(21-10-12-3-4-12)15(20)19-8-7-18(2)13(9-19)14-16-5-6-17-14/h5-6,11-13H,3-4,7-10H2,1-2H3,(H,16,17)/t11-,13+/m1/s1. The molecule has 0 unspecified atom stereocenters. The highest BCUT2D eigenvalue weighted by Crippen LogP contribution is 2.29. The molecule has 0 spiro atoms. The van der Waals surface area contributed by atoms with Crippen LogP contribution in [0.1, 0.15) is 31.6 Å². The number of rotatable bonds is 5. The van der Waals surface area contributed by atoms with Gasteiger partial charge < -0.3 is 14.6 Å². The van der Waals surface area contributed by atoms with Crippen molar-refractivity contribution in [3.63, 3.8) is 0 Å². The van der Waals surface area contributed by atoms with Gasteiger partial charge in [-0.1, -0.05) is 0 Å². The van der Waals surface area contributed by atoms with Gasteiger partial charge in [0.15, 0.2) is 0 Å². The number of aromatic nitrogens is 2. The minimum Gasteiger partial charge on any atom is -0.368 e. The highest BCUT2D eigenvalue weighted by atomic mass is 16.5. The summed E-state index contributed by atoms with van der Waals surface area (Å²) in [6.07, 6.45) is 5.73. The number of ether oxygens (including phenoxy) is 1. The summed E-state index contributed by atoms with van der Waals surface area (Å²) in [4.78, 5) is 24.1. The number of nitrogens with one attached hydrogen (secondary N) is 1. The van der Waals surface area contributed by atoms with E-state index in [-0.39, 0.29) is 18.1 Å². The monoisotopic (exact) mass is 292 g/mol. The van der Waals surface area contributed by atoms with Crippen LogP contribution in [0.4, 0.5) is 0 Å². The fourth-order valence-electron chi connectivity index (χ4n) is 2.72. The first-order valence-corrected chi connectivity index (χ1v) is 7.75. The van der Waals surface area contributed by atoms with Crippen LogP contribution >= 0.6 is 0 Å². The summed E-state index contributed by atoms with van der Waals surface area (Å²) in [5.74, 6) is 1.70. The number of carbonyl (C=O) groups is 1. The number of likely N-dealkylation sites (N-methyl/N-ethyl adjacent to an activating group) is 1. The van der Waals surface area contributed by atoms with Gasteiger partial charge in [-0.25, -0.2) is 4.98 Å². The summed E-state index contributed by atoms with van der Waals surface area (Å²) < 4.78 is 5.71. The molecule has 2 heterocycles. The molecule has 6 heteroatoms. The molecule has 1 aromatic rings. The molecule has 21 heavy (non-hydrogen) atoms. The molecule has 2 aliphatic rings. The minimum atomic E-state index is -0.341. The Labute approximate surface area is 125 Å². The zero-order valence-electron chi connectivity index (χ0n) is 12.8. The predicted octanol–water partition coefficient (Wildman–Crippen LogP) is 1.04. The third kappa shape index (κ3) is 3.44. The van der Waals surface area contributed by atoms with Crippen molar-refractivity contribution < 1.29 is 9.53 Å². The van der Waals surface area contributed by atoms with Crippen molar-refractivity contribution in [2.24, 2.45) is 5.92 Å². The van der Waals surface area contributed by atoms with Crippen LogP contribution in [-0.4, -0.2) is 65.1 Å². The van der Waals surface area contributed by atoms with Crippen LogP contribution in [0.5, 0.6) is 0 Å². The van der Waals surface area contributed by atoms with Crippen molar-refractivity contribution in [3.8, 4) is 0 Å². The average Bonchev–Trinajstić information content (AvgIpc) is 3.17. The zero-order valence-corrected chi connectivity index (χ0v) is 12.8. The van der Waals surface area contributed by atoms with E-state index in [4.69, 9.17) is 4.74 Å². The molecule has 1 N–H and O–H groups in total. The Hall–Kier alpha value is -1.40. The van der Waals surface area contributed by atoms with Gasteiger partial charge in [0, 0.05) is 32.0 Å². The second kappa shape index (κ2) is 6.15. The van der Waals surface area contributed by atoms with Gasteiger partial charge in [0.25, 0.3) is 5.91 Å². The molecule has 0 aromatic carbocycles. The highest BCUT2D eigenvalue weighted by Gasteiger charge is 2.32. The lowest BCUT2D eigenvalue weighted by Gasteiger charge is -2.39. The number of imidazole rings is 1. The van der Waals surface area contributed by atoms with Crippen molar-refractivity contribution in [1.82, 2.24) is 19.8 Å².